The molecule has 4 nitrogen and oxygen atoms in total. The fourth-order valence-electron chi connectivity index (χ4n) is 4.62. The number of hydrogen-bond donors (Lipinski definition) is 0. The average Bonchev–Trinajstić information content (AvgIpc) is 3.45. The van der Waals surface area contributed by atoms with Crippen molar-refractivity contribution in [3.8, 4) is 5.75 Å². The maximum Gasteiger partial charge on any atom is 0.228 e. The third-order valence-electron chi connectivity index (χ3n) is 6.65. The molecule has 6 heteroatoms. The van der Waals surface area contributed by atoms with Crippen molar-refractivity contribution in [1.29, 1.82) is 0 Å². The monoisotopic (exact) mass is 560 g/mol. The Morgan fingerprint density at radius 2 is 1.27 bits per heavy atom. The van der Waals surface area contributed by atoms with Gasteiger partial charge in [0, 0.05) is 21.6 Å². The van der Waals surface area contributed by atoms with Gasteiger partial charge in [-0.25, -0.2) is 0 Å². The van der Waals surface area contributed by atoms with Gasteiger partial charge in [-0.3, -0.25) is 9.59 Å². The van der Waals surface area contributed by atoms with E-state index in [4.69, 9.17) is 9.47 Å². The van der Waals surface area contributed by atoms with Crippen LogP contribution in [0, 0.1) is 0 Å². The van der Waals surface area contributed by atoms with Gasteiger partial charge in [-0.2, -0.15) is 0 Å². The first-order valence-corrected chi connectivity index (χ1v) is 14.4. The van der Waals surface area contributed by atoms with Gasteiger partial charge >= 0.3 is 0 Å². The maximum absolute atomic E-state index is 14.3. The average molecular weight is 561 g/mol. The number of ether oxygens (including phenoxy) is 2. The highest BCUT2D eigenvalue weighted by Gasteiger charge is 2.49. The van der Waals surface area contributed by atoms with Gasteiger partial charge in [-0.15, -0.1) is 11.8 Å². The topological polar surface area (TPSA) is 52.6 Å². The fourth-order valence-corrected chi connectivity index (χ4v) is 7.50. The van der Waals surface area contributed by atoms with Crippen LogP contribution in [0.25, 0.3) is 10.7 Å². The van der Waals surface area contributed by atoms with Crippen molar-refractivity contribution >= 4 is 45.8 Å². The van der Waals surface area contributed by atoms with Crippen molar-refractivity contribution in [2.24, 2.45) is 0 Å². The van der Waals surface area contributed by atoms with E-state index in [9.17, 15) is 9.59 Å². The molecule has 40 heavy (non-hydrogen) atoms. The first-order valence-electron chi connectivity index (χ1n) is 12.7. The summed E-state index contributed by atoms with van der Waals surface area (Å²) in [5.74, 6) is 0.773. The zero-order valence-electron chi connectivity index (χ0n) is 21.6. The number of ketones is 2. The normalized spacial score (nSPS) is 18.1. The van der Waals surface area contributed by atoms with Gasteiger partial charge in [-0.05, 0) is 29.2 Å². The van der Waals surface area contributed by atoms with Crippen molar-refractivity contribution < 1.29 is 19.1 Å². The number of Topliss-reactive ketones (excluding diaryl/α,β-unsaturated/α-hetero) is 2. The molecule has 2 heterocycles. The quantitative estimate of drug-likeness (QED) is 0.212. The SMILES string of the molecule is COc1ccc(C2=CSC3(C=C(c4ccccc4)OC(C(=O)c4ccccc4)=C3C(=O)c3ccccc3)S2)cc1. The Morgan fingerprint density at radius 3 is 1.88 bits per heavy atom. The standard InChI is InChI=1S/C34H24O4S2/c1-37-27-19-17-24(18-20-27)29-22-39-34(40-29)21-28(23-11-5-2-6-12-23)38-33(32(36)26-15-9-4-10-16-26)30(34)31(35)25-13-7-3-8-14-25/h2-22H,1H3. The molecule has 0 amide bonds. The van der Waals surface area contributed by atoms with E-state index in [-0.39, 0.29) is 17.3 Å². The van der Waals surface area contributed by atoms with E-state index in [1.54, 1.807) is 55.3 Å². The van der Waals surface area contributed by atoms with Gasteiger partial charge < -0.3 is 9.47 Å². The molecule has 0 aliphatic carbocycles. The number of rotatable bonds is 7. The third kappa shape index (κ3) is 4.92. The molecule has 4 aromatic rings. The van der Waals surface area contributed by atoms with E-state index >= 15 is 0 Å². The number of hydrogen-bond acceptors (Lipinski definition) is 6. The Kier molecular flexibility index (Phi) is 7.20. The second-order valence-electron chi connectivity index (χ2n) is 9.17. The predicted molar refractivity (Wildman–Crippen MR) is 163 cm³/mol. The molecule has 0 radical (unpaired) electrons. The first-order chi connectivity index (χ1) is 19.6. The molecule has 0 N–H and O–H groups in total. The van der Waals surface area contributed by atoms with Crippen LogP contribution in [0.3, 0.4) is 0 Å². The molecule has 2 aliphatic heterocycles. The van der Waals surface area contributed by atoms with Gasteiger partial charge in [0.2, 0.25) is 5.78 Å². The number of benzene rings is 4. The molecule has 196 valence electrons. The lowest BCUT2D eigenvalue weighted by molar-refractivity contribution is 0.0946. The molecule has 0 saturated heterocycles. The summed E-state index contributed by atoms with van der Waals surface area (Å²) in [6.45, 7) is 0. The summed E-state index contributed by atoms with van der Waals surface area (Å²) in [6, 6.07) is 35.5. The number of methoxy groups -OCH3 is 1. The minimum atomic E-state index is -0.925. The molecule has 0 fully saturated rings. The van der Waals surface area contributed by atoms with Crippen LogP contribution in [0.4, 0.5) is 0 Å². The summed E-state index contributed by atoms with van der Waals surface area (Å²) in [4.78, 5) is 29.4. The minimum Gasteiger partial charge on any atom is -0.497 e. The lowest BCUT2D eigenvalue weighted by Crippen LogP contribution is -2.32. The summed E-state index contributed by atoms with van der Waals surface area (Å²) >= 11 is 3.05. The van der Waals surface area contributed by atoms with Crippen LogP contribution in [0.5, 0.6) is 5.75 Å². The number of thioether (sulfide) groups is 2. The van der Waals surface area contributed by atoms with Crippen LogP contribution in [-0.4, -0.2) is 22.8 Å². The molecular weight excluding hydrogens is 537 g/mol. The van der Waals surface area contributed by atoms with Crippen LogP contribution in [0.1, 0.15) is 31.8 Å². The van der Waals surface area contributed by atoms with Crippen LogP contribution < -0.4 is 4.74 Å². The van der Waals surface area contributed by atoms with E-state index in [0.29, 0.717) is 22.5 Å². The molecule has 4 aromatic carbocycles. The van der Waals surface area contributed by atoms with E-state index in [1.165, 1.54) is 11.8 Å². The third-order valence-corrected chi connectivity index (χ3v) is 9.56. The van der Waals surface area contributed by atoms with E-state index in [2.05, 4.69) is 5.41 Å². The Labute approximate surface area is 241 Å². The van der Waals surface area contributed by atoms with E-state index in [0.717, 1.165) is 21.8 Å². The molecule has 0 saturated carbocycles. The highest BCUT2D eigenvalue weighted by atomic mass is 32.2. The summed E-state index contributed by atoms with van der Waals surface area (Å²) < 4.78 is 10.8. The second kappa shape index (κ2) is 11.1. The molecule has 1 spiro atoms. The van der Waals surface area contributed by atoms with Crippen LogP contribution in [0.2, 0.25) is 0 Å². The highest BCUT2D eigenvalue weighted by molar-refractivity contribution is 8.27. The van der Waals surface area contributed by atoms with Crippen LogP contribution >= 0.6 is 23.5 Å². The lowest BCUT2D eigenvalue weighted by atomic mass is 9.93. The lowest BCUT2D eigenvalue weighted by Gasteiger charge is -2.33. The smallest absolute Gasteiger partial charge is 0.228 e. The Bertz CT molecular complexity index is 1660. The summed E-state index contributed by atoms with van der Waals surface area (Å²) in [6.07, 6.45) is 1.97. The van der Waals surface area contributed by atoms with Crippen molar-refractivity contribution in [2.45, 2.75) is 4.08 Å². The Hall–Kier alpha value is -4.26. The van der Waals surface area contributed by atoms with Gasteiger partial charge in [0.1, 0.15) is 15.6 Å². The van der Waals surface area contributed by atoms with E-state index in [1.807, 2.05) is 84.9 Å². The Morgan fingerprint density at radius 1 is 0.700 bits per heavy atom. The summed E-state index contributed by atoms with van der Waals surface area (Å²) in [5, 5.41) is 2.06. The number of allylic oxidation sites excluding steroid dienone is 1. The van der Waals surface area contributed by atoms with Gasteiger partial charge in [0.15, 0.2) is 11.5 Å². The number of carbonyl (C=O) groups excluding carboxylic acids is 2. The molecule has 6 rings (SSSR count). The predicted octanol–water partition coefficient (Wildman–Crippen LogP) is 8.26. The summed E-state index contributed by atoms with van der Waals surface area (Å²) in [5.41, 5.74) is 3.09. The molecule has 1 atom stereocenters. The largest absolute Gasteiger partial charge is 0.497 e. The summed E-state index contributed by atoms with van der Waals surface area (Å²) in [7, 11) is 1.64. The zero-order chi connectivity index (χ0) is 27.5. The fraction of sp³-hybridized carbons (Fsp3) is 0.0588. The van der Waals surface area contributed by atoms with Crippen molar-refractivity contribution in [3.05, 3.63) is 160 Å². The molecule has 2 aliphatic rings. The second-order valence-corrected chi connectivity index (χ2v) is 11.8. The molecule has 0 aromatic heterocycles. The molecule has 1 unspecified atom stereocenters. The van der Waals surface area contributed by atoms with Crippen molar-refractivity contribution in [2.75, 3.05) is 7.11 Å². The zero-order valence-corrected chi connectivity index (χ0v) is 23.2. The van der Waals surface area contributed by atoms with Crippen LogP contribution in [-0.2, 0) is 4.74 Å². The highest BCUT2D eigenvalue weighted by Crippen LogP contribution is 2.61. The Balaban J connectivity index is 1.53. The van der Waals surface area contributed by atoms with Gasteiger partial charge in [0.25, 0.3) is 0 Å². The molecular formula is C34H24O4S2. The van der Waals surface area contributed by atoms with Crippen molar-refractivity contribution in [1.82, 2.24) is 0 Å². The van der Waals surface area contributed by atoms with Gasteiger partial charge in [0.05, 0.1) is 12.7 Å². The van der Waals surface area contributed by atoms with Gasteiger partial charge in [-0.1, -0.05) is 115 Å². The maximum atomic E-state index is 14.3. The van der Waals surface area contributed by atoms with E-state index < -0.39 is 4.08 Å². The first kappa shape index (κ1) is 26.0. The number of carbonyl (C=O) groups is 2. The van der Waals surface area contributed by atoms with Crippen molar-refractivity contribution in [3.63, 3.8) is 0 Å². The molecule has 0 bridgehead atoms. The van der Waals surface area contributed by atoms with Crippen LogP contribution in [0.15, 0.2) is 138 Å². The minimum absolute atomic E-state index is 0.0470.